The summed E-state index contributed by atoms with van der Waals surface area (Å²) >= 11 is 0. The van der Waals surface area contributed by atoms with Gasteiger partial charge in [0, 0.05) is 6.54 Å². The van der Waals surface area contributed by atoms with Gasteiger partial charge in [0.25, 0.3) is 0 Å². The lowest BCUT2D eigenvalue weighted by molar-refractivity contribution is 0.416. The van der Waals surface area contributed by atoms with E-state index >= 15 is 0 Å². The largest absolute Gasteiger partial charge is 0.495 e. The SMILES string of the molecule is COc1ccc(C)cc1NCCCCN. The Hall–Kier alpha value is -1.22. The van der Waals surface area contributed by atoms with Crippen LogP contribution in [0.5, 0.6) is 5.75 Å². The fourth-order valence-electron chi connectivity index (χ4n) is 1.45. The van der Waals surface area contributed by atoms with Gasteiger partial charge < -0.3 is 15.8 Å². The van der Waals surface area contributed by atoms with Crippen LogP contribution in [-0.2, 0) is 0 Å². The Morgan fingerprint density at radius 1 is 1.33 bits per heavy atom. The highest BCUT2D eigenvalue weighted by Gasteiger charge is 2.01. The third kappa shape index (κ3) is 3.80. The van der Waals surface area contributed by atoms with E-state index in [0.29, 0.717) is 0 Å². The van der Waals surface area contributed by atoms with Gasteiger partial charge in [-0.15, -0.1) is 0 Å². The zero-order valence-corrected chi connectivity index (χ0v) is 9.55. The van der Waals surface area contributed by atoms with Gasteiger partial charge in [0.1, 0.15) is 5.75 Å². The summed E-state index contributed by atoms with van der Waals surface area (Å²) < 4.78 is 5.27. The van der Waals surface area contributed by atoms with Crippen molar-refractivity contribution in [2.45, 2.75) is 19.8 Å². The standard InChI is InChI=1S/C12H20N2O/c1-10-5-6-12(15-2)11(9-10)14-8-4-3-7-13/h5-6,9,14H,3-4,7-8,13H2,1-2H3. The third-order valence-corrected chi connectivity index (χ3v) is 2.30. The van der Waals surface area contributed by atoms with Crippen molar-refractivity contribution in [3.05, 3.63) is 23.8 Å². The van der Waals surface area contributed by atoms with Gasteiger partial charge in [-0.05, 0) is 44.0 Å². The smallest absolute Gasteiger partial charge is 0.141 e. The number of benzene rings is 1. The summed E-state index contributed by atoms with van der Waals surface area (Å²) in [7, 11) is 1.69. The highest BCUT2D eigenvalue weighted by Crippen LogP contribution is 2.24. The Bertz CT molecular complexity index is 300. The number of nitrogens with two attached hydrogens (primary N) is 1. The van der Waals surface area contributed by atoms with Crippen LogP contribution < -0.4 is 15.8 Å². The molecule has 15 heavy (non-hydrogen) atoms. The molecule has 0 bridgehead atoms. The molecule has 0 unspecified atom stereocenters. The van der Waals surface area contributed by atoms with Crippen molar-refractivity contribution in [3.63, 3.8) is 0 Å². The minimum atomic E-state index is 0.757. The number of rotatable bonds is 6. The van der Waals surface area contributed by atoms with Gasteiger partial charge in [0.2, 0.25) is 0 Å². The molecule has 0 atom stereocenters. The van der Waals surface area contributed by atoms with Crippen LogP contribution in [0.15, 0.2) is 18.2 Å². The number of unbranched alkanes of at least 4 members (excludes halogenated alkanes) is 1. The van der Waals surface area contributed by atoms with Gasteiger partial charge in [-0.3, -0.25) is 0 Å². The number of anilines is 1. The summed E-state index contributed by atoms with van der Waals surface area (Å²) in [6.07, 6.45) is 2.15. The Kier molecular flexibility index (Phi) is 4.98. The molecule has 0 fully saturated rings. The summed E-state index contributed by atoms with van der Waals surface area (Å²) in [4.78, 5) is 0. The van der Waals surface area contributed by atoms with Crippen LogP contribution in [0.2, 0.25) is 0 Å². The average molecular weight is 208 g/mol. The molecule has 1 rings (SSSR count). The number of nitrogens with one attached hydrogen (secondary N) is 1. The highest BCUT2D eigenvalue weighted by atomic mass is 16.5. The fraction of sp³-hybridized carbons (Fsp3) is 0.500. The Morgan fingerprint density at radius 3 is 2.80 bits per heavy atom. The van der Waals surface area contributed by atoms with Gasteiger partial charge in [-0.2, -0.15) is 0 Å². The predicted octanol–water partition coefficient (Wildman–Crippen LogP) is 2.15. The monoisotopic (exact) mass is 208 g/mol. The molecule has 0 heterocycles. The predicted molar refractivity (Wildman–Crippen MR) is 64.5 cm³/mol. The van der Waals surface area contributed by atoms with E-state index in [1.165, 1.54) is 5.56 Å². The Morgan fingerprint density at radius 2 is 2.13 bits per heavy atom. The minimum Gasteiger partial charge on any atom is -0.495 e. The topological polar surface area (TPSA) is 47.3 Å². The molecule has 3 N–H and O–H groups in total. The number of hydrogen-bond donors (Lipinski definition) is 2. The molecular formula is C12H20N2O. The van der Waals surface area contributed by atoms with Crippen LogP contribution in [-0.4, -0.2) is 20.2 Å². The van der Waals surface area contributed by atoms with Crippen LogP contribution in [0.4, 0.5) is 5.69 Å². The normalized spacial score (nSPS) is 10.1. The quantitative estimate of drug-likeness (QED) is 0.704. The molecular weight excluding hydrogens is 188 g/mol. The summed E-state index contributed by atoms with van der Waals surface area (Å²) in [6, 6.07) is 6.13. The van der Waals surface area contributed by atoms with Crippen LogP contribution >= 0.6 is 0 Å². The fourth-order valence-corrected chi connectivity index (χ4v) is 1.45. The second-order valence-electron chi connectivity index (χ2n) is 3.63. The first kappa shape index (κ1) is 11.9. The molecule has 84 valence electrons. The molecule has 0 aromatic heterocycles. The maximum Gasteiger partial charge on any atom is 0.141 e. The van der Waals surface area contributed by atoms with E-state index in [0.717, 1.165) is 37.4 Å². The first-order valence-corrected chi connectivity index (χ1v) is 5.36. The average Bonchev–Trinajstić information content (AvgIpc) is 2.25. The molecule has 3 nitrogen and oxygen atoms in total. The van der Waals surface area contributed by atoms with E-state index in [1.807, 2.05) is 12.1 Å². The van der Waals surface area contributed by atoms with Gasteiger partial charge in [0.05, 0.1) is 12.8 Å². The number of ether oxygens (including phenoxy) is 1. The van der Waals surface area contributed by atoms with Crippen LogP contribution in [0.3, 0.4) is 0 Å². The zero-order chi connectivity index (χ0) is 11.1. The number of aryl methyl sites for hydroxylation is 1. The maximum absolute atomic E-state index is 5.44. The zero-order valence-electron chi connectivity index (χ0n) is 9.55. The van der Waals surface area contributed by atoms with Crippen LogP contribution in [0, 0.1) is 6.92 Å². The highest BCUT2D eigenvalue weighted by molar-refractivity contribution is 5.57. The van der Waals surface area contributed by atoms with E-state index < -0.39 is 0 Å². The second kappa shape index (κ2) is 6.30. The number of hydrogen-bond acceptors (Lipinski definition) is 3. The Labute approximate surface area is 91.6 Å². The Balaban J connectivity index is 2.54. The lowest BCUT2D eigenvalue weighted by Crippen LogP contribution is -2.06. The van der Waals surface area contributed by atoms with Crippen molar-refractivity contribution < 1.29 is 4.74 Å². The summed E-state index contributed by atoms with van der Waals surface area (Å²) in [5.41, 5.74) is 7.73. The van der Waals surface area contributed by atoms with Crippen LogP contribution in [0.1, 0.15) is 18.4 Å². The van der Waals surface area contributed by atoms with Gasteiger partial charge in [0.15, 0.2) is 0 Å². The first-order chi connectivity index (χ1) is 7.27. The van der Waals surface area contributed by atoms with Crippen molar-refractivity contribution in [1.29, 1.82) is 0 Å². The molecule has 0 radical (unpaired) electrons. The van der Waals surface area contributed by atoms with Gasteiger partial charge in [-0.1, -0.05) is 6.07 Å². The van der Waals surface area contributed by atoms with Gasteiger partial charge >= 0.3 is 0 Å². The molecule has 0 aliphatic heterocycles. The molecule has 0 saturated heterocycles. The van der Waals surface area contributed by atoms with Crippen molar-refractivity contribution >= 4 is 5.69 Å². The van der Waals surface area contributed by atoms with Crippen molar-refractivity contribution in [3.8, 4) is 5.75 Å². The molecule has 0 aliphatic rings. The molecule has 0 saturated carbocycles. The van der Waals surface area contributed by atoms with E-state index in [-0.39, 0.29) is 0 Å². The minimum absolute atomic E-state index is 0.757. The van der Waals surface area contributed by atoms with Crippen molar-refractivity contribution in [2.75, 3.05) is 25.5 Å². The molecule has 1 aromatic rings. The van der Waals surface area contributed by atoms with E-state index in [4.69, 9.17) is 10.5 Å². The molecule has 0 amide bonds. The van der Waals surface area contributed by atoms with Crippen LogP contribution in [0.25, 0.3) is 0 Å². The van der Waals surface area contributed by atoms with Gasteiger partial charge in [-0.25, -0.2) is 0 Å². The second-order valence-corrected chi connectivity index (χ2v) is 3.63. The lowest BCUT2D eigenvalue weighted by Gasteiger charge is -2.11. The molecule has 3 heteroatoms. The first-order valence-electron chi connectivity index (χ1n) is 5.36. The van der Waals surface area contributed by atoms with E-state index in [1.54, 1.807) is 7.11 Å². The third-order valence-electron chi connectivity index (χ3n) is 2.30. The summed E-state index contributed by atoms with van der Waals surface area (Å²) in [5, 5.41) is 3.36. The maximum atomic E-state index is 5.44. The van der Waals surface area contributed by atoms with E-state index in [2.05, 4.69) is 18.3 Å². The molecule has 1 aromatic carbocycles. The number of methoxy groups -OCH3 is 1. The summed E-state index contributed by atoms with van der Waals surface area (Å²) in [5.74, 6) is 0.897. The summed E-state index contributed by atoms with van der Waals surface area (Å²) in [6.45, 7) is 3.77. The lowest BCUT2D eigenvalue weighted by atomic mass is 10.2. The van der Waals surface area contributed by atoms with Crippen molar-refractivity contribution in [1.82, 2.24) is 0 Å². The van der Waals surface area contributed by atoms with Crippen molar-refractivity contribution in [2.24, 2.45) is 5.73 Å². The van der Waals surface area contributed by atoms with E-state index in [9.17, 15) is 0 Å². The molecule has 0 aliphatic carbocycles. The molecule has 0 spiro atoms.